The molecule has 0 bridgehead atoms. The Bertz CT molecular complexity index is 657. The smallest absolute Gasteiger partial charge is 0.355 e. The SMILES string of the molecule is C=CC(=O)N1CCCC(C(=O)NCC(C)Cn2ccc(C(F)(F)F)n2)C1. The number of nitrogens with one attached hydrogen (secondary N) is 1. The highest BCUT2D eigenvalue weighted by molar-refractivity contribution is 5.88. The van der Waals surface area contributed by atoms with E-state index in [-0.39, 0.29) is 30.2 Å². The predicted octanol–water partition coefficient (Wildman–Crippen LogP) is 2.08. The van der Waals surface area contributed by atoms with Gasteiger partial charge >= 0.3 is 6.18 Å². The summed E-state index contributed by atoms with van der Waals surface area (Å²) in [6.45, 7) is 6.84. The van der Waals surface area contributed by atoms with Crippen molar-refractivity contribution in [2.75, 3.05) is 19.6 Å². The third-order valence-electron chi connectivity index (χ3n) is 4.33. The Kier molecular flexibility index (Phi) is 6.44. The van der Waals surface area contributed by atoms with Crippen LogP contribution in [0.1, 0.15) is 25.5 Å². The van der Waals surface area contributed by atoms with Crippen LogP contribution in [0.3, 0.4) is 0 Å². The van der Waals surface area contributed by atoms with Gasteiger partial charge in [0.25, 0.3) is 0 Å². The summed E-state index contributed by atoms with van der Waals surface area (Å²) in [6.07, 6.45) is -0.489. The predicted molar refractivity (Wildman–Crippen MR) is 88.9 cm³/mol. The molecule has 1 aromatic rings. The van der Waals surface area contributed by atoms with E-state index in [2.05, 4.69) is 17.0 Å². The highest BCUT2D eigenvalue weighted by Crippen LogP contribution is 2.27. The minimum absolute atomic E-state index is 0.0885. The summed E-state index contributed by atoms with van der Waals surface area (Å²) in [6, 6.07) is 0.929. The van der Waals surface area contributed by atoms with E-state index in [1.807, 2.05) is 6.92 Å². The molecule has 144 valence electrons. The summed E-state index contributed by atoms with van der Waals surface area (Å²) in [5.41, 5.74) is -0.928. The summed E-state index contributed by atoms with van der Waals surface area (Å²) in [5, 5.41) is 6.32. The van der Waals surface area contributed by atoms with Gasteiger partial charge in [0.05, 0.1) is 5.92 Å². The zero-order valence-corrected chi connectivity index (χ0v) is 14.6. The summed E-state index contributed by atoms with van der Waals surface area (Å²) >= 11 is 0. The van der Waals surface area contributed by atoms with E-state index in [1.54, 1.807) is 4.90 Å². The first-order chi connectivity index (χ1) is 12.2. The Morgan fingerprint density at radius 1 is 1.50 bits per heavy atom. The number of halogens is 3. The van der Waals surface area contributed by atoms with Crippen molar-refractivity contribution in [2.45, 2.75) is 32.5 Å². The summed E-state index contributed by atoms with van der Waals surface area (Å²) in [7, 11) is 0. The lowest BCUT2D eigenvalue weighted by Crippen LogP contribution is -2.45. The van der Waals surface area contributed by atoms with Crippen LogP contribution in [0.4, 0.5) is 13.2 Å². The number of hydrogen-bond acceptors (Lipinski definition) is 3. The molecule has 2 unspecified atom stereocenters. The highest BCUT2D eigenvalue weighted by atomic mass is 19.4. The first kappa shape index (κ1) is 20.0. The van der Waals surface area contributed by atoms with Crippen LogP contribution >= 0.6 is 0 Å². The highest BCUT2D eigenvalue weighted by Gasteiger charge is 2.33. The van der Waals surface area contributed by atoms with Gasteiger partial charge in [0.15, 0.2) is 5.69 Å². The van der Waals surface area contributed by atoms with E-state index >= 15 is 0 Å². The van der Waals surface area contributed by atoms with Gasteiger partial charge in [-0.05, 0) is 30.9 Å². The minimum Gasteiger partial charge on any atom is -0.355 e. The monoisotopic (exact) mass is 372 g/mol. The molecule has 1 N–H and O–H groups in total. The second-order valence-electron chi connectivity index (χ2n) is 6.60. The average Bonchev–Trinajstić information content (AvgIpc) is 3.08. The summed E-state index contributed by atoms with van der Waals surface area (Å²) in [5.74, 6) is -0.694. The number of amides is 2. The van der Waals surface area contributed by atoms with Gasteiger partial charge in [-0.1, -0.05) is 13.5 Å². The van der Waals surface area contributed by atoms with Crippen LogP contribution in [-0.4, -0.2) is 46.1 Å². The lowest BCUT2D eigenvalue weighted by atomic mass is 9.97. The maximum Gasteiger partial charge on any atom is 0.435 e. The second kappa shape index (κ2) is 8.37. The fraction of sp³-hybridized carbons (Fsp3) is 0.588. The molecule has 2 heterocycles. The number of rotatable bonds is 6. The maximum atomic E-state index is 12.5. The number of piperidine rings is 1. The standard InChI is InChI=1S/C17H23F3N4O2/c1-3-15(25)23-7-4-5-13(11-23)16(26)21-9-12(2)10-24-8-6-14(22-24)17(18,19)20/h3,6,8,12-13H,1,4-5,7,9-11H2,2H3,(H,21,26). The molecular weight excluding hydrogens is 349 g/mol. The summed E-state index contributed by atoms with van der Waals surface area (Å²) < 4.78 is 38.9. The second-order valence-corrected chi connectivity index (χ2v) is 6.60. The van der Waals surface area contributed by atoms with Gasteiger partial charge in [-0.15, -0.1) is 0 Å². The fourth-order valence-corrected chi connectivity index (χ4v) is 2.94. The molecule has 0 spiro atoms. The molecule has 1 saturated heterocycles. The number of nitrogens with zero attached hydrogens (tertiary/aromatic N) is 3. The molecule has 0 aliphatic carbocycles. The van der Waals surface area contributed by atoms with Gasteiger partial charge in [-0.2, -0.15) is 18.3 Å². The summed E-state index contributed by atoms with van der Waals surface area (Å²) in [4.78, 5) is 25.6. The maximum absolute atomic E-state index is 12.5. The Balaban J connectivity index is 1.80. The van der Waals surface area contributed by atoms with Crippen molar-refractivity contribution in [3.05, 3.63) is 30.6 Å². The first-order valence-electron chi connectivity index (χ1n) is 8.50. The number of aromatic nitrogens is 2. The molecule has 2 amide bonds. The molecule has 2 atom stereocenters. The average molecular weight is 372 g/mol. The lowest BCUT2D eigenvalue weighted by Gasteiger charge is -2.31. The molecule has 6 nitrogen and oxygen atoms in total. The lowest BCUT2D eigenvalue weighted by molar-refractivity contribution is -0.141. The van der Waals surface area contributed by atoms with E-state index in [0.29, 0.717) is 26.1 Å². The Morgan fingerprint density at radius 2 is 2.23 bits per heavy atom. The van der Waals surface area contributed by atoms with Crippen molar-refractivity contribution in [1.29, 1.82) is 0 Å². The van der Waals surface area contributed by atoms with Crippen molar-refractivity contribution >= 4 is 11.8 Å². The van der Waals surface area contributed by atoms with Crippen molar-refractivity contribution in [3.63, 3.8) is 0 Å². The van der Waals surface area contributed by atoms with Crippen molar-refractivity contribution < 1.29 is 22.8 Å². The third kappa shape index (κ3) is 5.34. The van der Waals surface area contributed by atoms with Crippen LogP contribution in [0.5, 0.6) is 0 Å². The van der Waals surface area contributed by atoms with Crippen molar-refractivity contribution in [1.82, 2.24) is 20.0 Å². The number of hydrogen-bond donors (Lipinski definition) is 1. The van der Waals surface area contributed by atoms with E-state index in [4.69, 9.17) is 0 Å². The van der Waals surface area contributed by atoms with Crippen LogP contribution in [0.15, 0.2) is 24.9 Å². The largest absolute Gasteiger partial charge is 0.435 e. The molecule has 2 rings (SSSR count). The number of carbonyl (C=O) groups excluding carboxylic acids is 2. The molecule has 9 heteroatoms. The van der Waals surface area contributed by atoms with Crippen LogP contribution < -0.4 is 5.32 Å². The number of likely N-dealkylation sites (tertiary alicyclic amines) is 1. The van der Waals surface area contributed by atoms with Crippen LogP contribution in [0.2, 0.25) is 0 Å². The first-order valence-corrected chi connectivity index (χ1v) is 8.50. The molecular formula is C17H23F3N4O2. The van der Waals surface area contributed by atoms with E-state index in [0.717, 1.165) is 12.5 Å². The minimum atomic E-state index is -4.46. The van der Waals surface area contributed by atoms with E-state index in [9.17, 15) is 22.8 Å². The Morgan fingerprint density at radius 3 is 2.85 bits per heavy atom. The molecule has 0 aromatic carbocycles. The zero-order valence-electron chi connectivity index (χ0n) is 14.6. The van der Waals surface area contributed by atoms with Crippen LogP contribution in [0.25, 0.3) is 0 Å². The Hall–Kier alpha value is -2.32. The van der Waals surface area contributed by atoms with Gasteiger partial charge < -0.3 is 10.2 Å². The number of carbonyl (C=O) groups is 2. The van der Waals surface area contributed by atoms with Gasteiger partial charge in [0.1, 0.15) is 0 Å². The molecule has 1 fully saturated rings. The topological polar surface area (TPSA) is 67.2 Å². The van der Waals surface area contributed by atoms with E-state index < -0.39 is 11.9 Å². The van der Waals surface area contributed by atoms with Gasteiger partial charge in [-0.3, -0.25) is 14.3 Å². The molecule has 0 radical (unpaired) electrons. The van der Waals surface area contributed by atoms with E-state index in [1.165, 1.54) is 17.0 Å². The quantitative estimate of drug-likeness (QED) is 0.778. The number of alkyl halides is 3. The van der Waals surface area contributed by atoms with Crippen molar-refractivity contribution in [3.8, 4) is 0 Å². The zero-order chi connectivity index (χ0) is 19.3. The molecule has 1 aromatic heterocycles. The molecule has 1 aliphatic heterocycles. The fourth-order valence-electron chi connectivity index (χ4n) is 2.94. The molecule has 1 aliphatic rings. The normalized spacial score (nSPS) is 19.1. The Labute approximate surface area is 150 Å². The van der Waals surface area contributed by atoms with Crippen LogP contribution in [0, 0.1) is 11.8 Å². The van der Waals surface area contributed by atoms with Gasteiger partial charge in [-0.25, -0.2) is 0 Å². The third-order valence-corrected chi connectivity index (χ3v) is 4.33. The van der Waals surface area contributed by atoms with Gasteiger partial charge in [0, 0.05) is 32.4 Å². The van der Waals surface area contributed by atoms with Crippen molar-refractivity contribution in [2.24, 2.45) is 11.8 Å². The molecule has 0 saturated carbocycles. The van der Waals surface area contributed by atoms with Crippen LogP contribution in [-0.2, 0) is 22.3 Å². The molecule has 26 heavy (non-hydrogen) atoms. The van der Waals surface area contributed by atoms with Gasteiger partial charge in [0.2, 0.25) is 11.8 Å².